The molecular weight excluding hydrogens is 276 g/mol. The number of halogens is 1. The highest BCUT2D eigenvalue weighted by Crippen LogP contribution is 2.21. The molecule has 0 aliphatic carbocycles. The van der Waals surface area contributed by atoms with Crippen LogP contribution in [0.5, 0.6) is 0 Å². The van der Waals surface area contributed by atoms with E-state index < -0.39 is 0 Å². The van der Waals surface area contributed by atoms with Gasteiger partial charge in [0, 0.05) is 11.3 Å². The molecule has 0 aliphatic heterocycles. The van der Waals surface area contributed by atoms with Crippen LogP contribution in [0.3, 0.4) is 0 Å². The summed E-state index contributed by atoms with van der Waals surface area (Å²) in [5, 5.41) is 2.87. The van der Waals surface area contributed by atoms with Gasteiger partial charge in [-0.25, -0.2) is 0 Å². The van der Waals surface area contributed by atoms with E-state index >= 15 is 0 Å². The van der Waals surface area contributed by atoms with Crippen LogP contribution in [0.1, 0.15) is 18.2 Å². The first-order valence-corrected chi connectivity index (χ1v) is 6.43. The molecule has 0 aromatic carbocycles. The van der Waals surface area contributed by atoms with E-state index in [1.54, 1.807) is 11.3 Å². The number of amides is 1. The summed E-state index contributed by atoms with van der Waals surface area (Å²) >= 11 is 5.01. The van der Waals surface area contributed by atoms with E-state index in [4.69, 9.17) is 5.73 Å². The van der Waals surface area contributed by atoms with E-state index in [1.165, 1.54) is 0 Å². The van der Waals surface area contributed by atoms with Gasteiger partial charge in [-0.05, 0) is 40.5 Å². The van der Waals surface area contributed by atoms with Crippen molar-refractivity contribution in [2.75, 3.05) is 6.54 Å². The van der Waals surface area contributed by atoms with Gasteiger partial charge in [0.25, 0.3) is 0 Å². The topological polar surface area (TPSA) is 55.1 Å². The Hall–Kier alpha value is -0.390. The average molecular weight is 291 g/mol. The molecule has 1 rings (SSSR count). The van der Waals surface area contributed by atoms with E-state index in [9.17, 15) is 4.79 Å². The number of thiophene rings is 1. The Balaban J connectivity index is 2.28. The number of carbonyl (C=O) groups excluding carboxylic acids is 1. The zero-order valence-corrected chi connectivity index (χ0v) is 11.0. The second-order valence-corrected chi connectivity index (χ2v) is 6.08. The number of rotatable bonds is 5. The molecule has 15 heavy (non-hydrogen) atoms. The molecule has 0 saturated heterocycles. The number of hydrogen-bond acceptors (Lipinski definition) is 3. The minimum absolute atomic E-state index is 0.0671. The molecular formula is C10H15BrN2OS. The highest BCUT2D eigenvalue weighted by molar-refractivity contribution is 9.11. The maximum Gasteiger partial charge on any atom is 0.220 e. The normalized spacial score (nSPS) is 12.5. The first kappa shape index (κ1) is 12.7. The minimum Gasteiger partial charge on any atom is -0.351 e. The van der Waals surface area contributed by atoms with Crippen LogP contribution in [0, 0.1) is 5.92 Å². The van der Waals surface area contributed by atoms with Crippen LogP contribution in [-0.2, 0) is 11.3 Å². The molecule has 0 radical (unpaired) electrons. The maximum atomic E-state index is 11.4. The van der Waals surface area contributed by atoms with Gasteiger partial charge in [0.15, 0.2) is 0 Å². The van der Waals surface area contributed by atoms with E-state index in [2.05, 4.69) is 21.2 Å². The lowest BCUT2D eigenvalue weighted by atomic mass is 10.1. The predicted molar refractivity (Wildman–Crippen MR) is 66.7 cm³/mol. The van der Waals surface area contributed by atoms with Gasteiger partial charge >= 0.3 is 0 Å². The lowest BCUT2D eigenvalue weighted by Crippen LogP contribution is -2.26. The molecule has 0 spiro atoms. The molecule has 1 amide bonds. The third-order valence-electron chi connectivity index (χ3n) is 2.02. The molecule has 0 aliphatic rings. The summed E-state index contributed by atoms with van der Waals surface area (Å²) in [5.74, 6) is 0.317. The van der Waals surface area contributed by atoms with E-state index in [0.29, 0.717) is 19.5 Å². The van der Waals surface area contributed by atoms with Gasteiger partial charge in [0.2, 0.25) is 5.91 Å². The molecule has 0 saturated carbocycles. The quantitative estimate of drug-likeness (QED) is 0.873. The zero-order chi connectivity index (χ0) is 11.3. The van der Waals surface area contributed by atoms with Crippen molar-refractivity contribution in [3.05, 3.63) is 20.8 Å². The monoisotopic (exact) mass is 290 g/mol. The summed E-state index contributed by atoms with van der Waals surface area (Å²) < 4.78 is 1.09. The Labute approximate surface area is 102 Å². The van der Waals surface area contributed by atoms with Gasteiger partial charge in [0.1, 0.15) is 0 Å². The molecule has 0 bridgehead atoms. The summed E-state index contributed by atoms with van der Waals surface area (Å²) in [7, 11) is 0. The fourth-order valence-corrected chi connectivity index (χ4v) is 2.53. The fraction of sp³-hybridized carbons (Fsp3) is 0.500. The molecule has 1 aromatic heterocycles. The highest BCUT2D eigenvalue weighted by Gasteiger charge is 2.07. The van der Waals surface area contributed by atoms with E-state index in [0.717, 1.165) is 8.66 Å². The van der Waals surface area contributed by atoms with Crippen molar-refractivity contribution in [3.63, 3.8) is 0 Å². The van der Waals surface area contributed by atoms with Crippen LogP contribution in [0.4, 0.5) is 0 Å². The third-order valence-corrected chi connectivity index (χ3v) is 3.65. The number of hydrogen-bond donors (Lipinski definition) is 2. The van der Waals surface area contributed by atoms with Gasteiger partial charge in [-0.15, -0.1) is 11.3 Å². The number of carbonyl (C=O) groups is 1. The molecule has 3 N–H and O–H groups in total. The van der Waals surface area contributed by atoms with Crippen LogP contribution >= 0.6 is 27.3 Å². The number of nitrogens with one attached hydrogen (secondary N) is 1. The number of nitrogens with two attached hydrogens (primary N) is 1. The Kier molecular flexibility index (Phi) is 5.28. The average Bonchev–Trinajstić information content (AvgIpc) is 2.61. The standard InChI is InChI=1S/C10H15BrN2OS/c1-7(5-12)4-10(14)13-6-8-2-3-9(11)15-8/h2-3,7H,4-6,12H2,1H3,(H,13,14). The molecule has 1 unspecified atom stereocenters. The Bertz CT molecular complexity index is 327. The molecule has 1 atom stereocenters. The zero-order valence-electron chi connectivity index (χ0n) is 8.63. The van der Waals surface area contributed by atoms with Gasteiger partial charge in [-0.3, -0.25) is 4.79 Å². The first-order valence-electron chi connectivity index (χ1n) is 4.82. The highest BCUT2D eigenvalue weighted by atomic mass is 79.9. The van der Waals surface area contributed by atoms with Crippen LogP contribution < -0.4 is 11.1 Å². The van der Waals surface area contributed by atoms with Gasteiger partial charge in [-0.1, -0.05) is 6.92 Å². The summed E-state index contributed by atoms with van der Waals surface area (Å²) in [6, 6.07) is 3.98. The molecule has 3 nitrogen and oxygen atoms in total. The fourth-order valence-electron chi connectivity index (χ4n) is 1.10. The molecule has 5 heteroatoms. The van der Waals surface area contributed by atoms with Crippen LogP contribution in [0.15, 0.2) is 15.9 Å². The Morgan fingerprint density at radius 1 is 1.67 bits per heavy atom. The summed E-state index contributed by atoms with van der Waals surface area (Å²) in [4.78, 5) is 12.6. The van der Waals surface area contributed by atoms with Crippen LogP contribution in [0.2, 0.25) is 0 Å². The van der Waals surface area contributed by atoms with Crippen molar-refractivity contribution >= 4 is 33.2 Å². The lowest BCUT2D eigenvalue weighted by Gasteiger charge is -2.08. The van der Waals surface area contributed by atoms with Gasteiger partial charge < -0.3 is 11.1 Å². The van der Waals surface area contributed by atoms with E-state index in [-0.39, 0.29) is 11.8 Å². The Morgan fingerprint density at radius 2 is 2.40 bits per heavy atom. The van der Waals surface area contributed by atoms with Crippen LogP contribution in [0.25, 0.3) is 0 Å². The first-order chi connectivity index (χ1) is 7.11. The van der Waals surface area contributed by atoms with Crippen molar-refractivity contribution in [3.8, 4) is 0 Å². The van der Waals surface area contributed by atoms with Crippen molar-refractivity contribution in [2.45, 2.75) is 19.9 Å². The summed E-state index contributed by atoms with van der Waals surface area (Å²) in [6.45, 7) is 3.13. The second kappa shape index (κ2) is 6.25. The molecule has 0 fully saturated rings. The lowest BCUT2D eigenvalue weighted by molar-refractivity contribution is -0.122. The molecule has 1 heterocycles. The SMILES string of the molecule is CC(CN)CC(=O)NCc1ccc(Br)s1. The largest absolute Gasteiger partial charge is 0.351 e. The van der Waals surface area contributed by atoms with E-state index in [1.807, 2.05) is 19.1 Å². The minimum atomic E-state index is 0.0671. The molecule has 84 valence electrons. The smallest absolute Gasteiger partial charge is 0.220 e. The van der Waals surface area contributed by atoms with Crippen molar-refractivity contribution in [1.82, 2.24) is 5.32 Å². The van der Waals surface area contributed by atoms with Crippen LogP contribution in [-0.4, -0.2) is 12.5 Å². The second-order valence-electron chi connectivity index (χ2n) is 3.53. The van der Waals surface area contributed by atoms with Crippen molar-refractivity contribution < 1.29 is 4.79 Å². The summed E-state index contributed by atoms with van der Waals surface area (Å²) in [5.41, 5.74) is 5.45. The van der Waals surface area contributed by atoms with Gasteiger partial charge in [-0.2, -0.15) is 0 Å². The van der Waals surface area contributed by atoms with Crippen molar-refractivity contribution in [1.29, 1.82) is 0 Å². The molecule has 1 aromatic rings. The predicted octanol–water partition coefficient (Wildman–Crippen LogP) is 2.11. The third kappa shape index (κ3) is 4.77. The summed E-state index contributed by atoms with van der Waals surface area (Å²) in [6.07, 6.45) is 0.503. The Morgan fingerprint density at radius 3 is 2.93 bits per heavy atom. The van der Waals surface area contributed by atoms with Gasteiger partial charge in [0.05, 0.1) is 10.3 Å². The van der Waals surface area contributed by atoms with Crippen molar-refractivity contribution in [2.24, 2.45) is 11.7 Å². The maximum absolute atomic E-state index is 11.4.